The second-order valence-corrected chi connectivity index (χ2v) is 5.06. The molecule has 0 radical (unpaired) electrons. The maximum atomic E-state index is 12.9. The molecule has 1 N–H and O–H groups in total. The maximum Gasteiger partial charge on any atom is 0.416 e. The van der Waals surface area contributed by atoms with Crippen LogP contribution in [0.15, 0.2) is 42.5 Å². The summed E-state index contributed by atoms with van der Waals surface area (Å²) in [6, 6.07) is 7.86. The van der Waals surface area contributed by atoms with Crippen molar-refractivity contribution in [3.05, 3.63) is 64.7 Å². The molecule has 0 aliphatic heterocycles. The molecule has 2 aromatic carbocycles. The molecule has 25 heavy (non-hydrogen) atoms. The van der Waals surface area contributed by atoms with Crippen LogP contribution in [0.4, 0.5) is 26.3 Å². The molecule has 0 bridgehead atoms. The van der Waals surface area contributed by atoms with E-state index in [2.05, 4.69) is 0 Å². The third kappa shape index (κ3) is 4.53. The standard InChI is InChI=1S/C17H9F6NO/c18-16(19,20)13-6-11(7-14(8-13)17(21,22)23)12(9-24)5-10-1-3-15(25)4-2-10/h1-8,25H. The van der Waals surface area contributed by atoms with Gasteiger partial charge in [0.15, 0.2) is 0 Å². The van der Waals surface area contributed by atoms with E-state index >= 15 is 0 Å². The summed E-state index contributed by atoms with van der Waals surface area (Å²) in [5.41, 5.74) is -3.53. The number of aromatic hydroxyl groups is 1. The zero-order valence-corrected chi connectivity index (χ0v) is 12.3. The Morgan fingerprint density at radius 3 is 1.76 bits per heavy atom. The number of nitriles is 1. The van der Waals surface area contributed by atoms with Crippen LogP contribution in [0.25, 0.3) is 11.6 Å². The zero-order valence-electron chi connectivity index (χ0n) is 12.3. The van der Waals surface area contributed by atoms with E-state index in [0.717, 1.165) is 6.08 Å². The van der Waals surface area contributed by atoms with E-state index in [9.17, 15) is 31.4 Å². The van der Waals surface area contributed by atoms with Crippen molar-refractivity contribution in [1.29, 1.82) is 5.26 Å². The monoisotopic (exact) mass is 357 g/mol. The van der Waals surface area contributed by atoms with Crippen LogP contribution in [-0.4, -0.2) is 5.11 Å². The lowest BCUT2D eigenvalue weighted by Crippen LogP contribution is -2.11. The fourth-order valence-electron chi connectivity index (χ4n) is 2.03. The van der Waals surface area contributed by atoms with E-state index in [1.165, 1.54) is 24.3 Å². The second-order valence-electron chi connectivity index (χ2n) is 5.06. The number of hydrogen-bond acceptors (Lipinski definition) is 2. The van der Waals surface area contributed by atoms with Crippen LogP contribution in [0.3, 0.4) is 0 Å². The Bertz CT molecular complexity index is 809. The smallest absolute Gasteiger partial charge is 0.416 e. The number of hydrogen-bond donors (Lipinski definition) is 1. The normalized spacial score (nSPS) is 12.8. The predicted molar refractivity (Wildman–Crippen MR) is 78.0 cm³/mol. The number of alkyl halides is 6. The van der Waals surface area contributed by atoms with Crippen molar-refractivity contribution < 1.29 is 31.4 Å². The second kappa shape index (κ2) is 6.51. The molecular formula is C17H9F6NO. The molecule has 2 aromatic rings. The van der Waals surface area contributed by atoms with Crippen LogP contribution < -0.4 is 0 Å². The predicted octanol–water partition coefficient (Wildman–Crippen LogP) is 5.49. The van der Waals surface area contributed by atoms with E-state index in [4.69, 9.17) is 5.26 Å². The molecule has 0 fully saturated rings. The van der Waals surface area contributed by atoms with E-state index in [1.807, 2.05) is 0 Å². The third-order valence-corrected chi connectivity index (χ3v) is 3.22. The van der Waals surface area contributed by atoms with Gasteiger partial charge in [-0.3, -0.25) is 0 Å². The highest BCUT2D eigenvalue weighted by molar-refractivity contribution is 5.90. The summed E-state index contributed by atoms with van der Waals surface area (Å²) >= 11 is 0. The summed E-state index contributed by atoms with van der Waals surface area (Å²) in [5, 5.41) is 18.3. The van der Waals surface area contributed by atoms with Gasteiger partial charge in [0.25, 0.3) is 0 Å². The number of phenols is 1. The molecule has 130 valence electrons. The van der Waals surface area contributed by atoms with Gasteiger partial charge in [-0.25, -0.2) is 0 Å². The highest BCUT2D eigenvalue weighted by Crippen LogP contribution is 2.37. The van der Waals surface area contributed by atoms with Gasteiger partial charge < -0.3 is 5.11 Å². The lowest BCUT2D eigenvalue weighted by molar-refractivity contribution is -0.143. The number of phenolic OH excluding ortho intramolecular Hbond substituents is 1. The highest BCUT2D eigenvalue weighted by Gasteiger charge is 2.37. The summed E-state index contributed by atoms with van der Waals surface area (Å²) in [6.07, 6.45) is -8.85. The van der Waals surface area contributed by atoms with Gasteiger partial charge in [-0.1, -0.05) is 12.1 Å². The minimum absolute atomic E-state index is 0.000943. The summed E-state index contributed by atoms with van der Waals surface area (Å²) in [5.74, 6) is -0.0749. The molecule has 0 unspecified atom stereocenters. The highest BCUT2D eigenvalue weighted by atomic mass is 19.4. The summed E-state index contributed by atoms with van der Waals surface area (Å²) in [4.78, 5) is 0. The minimum Gasteiger partial charge on any atom is -0.508 e. The Morgan fingerprint density at radius 2 is 1.36 bits per heavy atom. The topological polar surface area (TPSA) is 44.0 Å². The molecule has 0 amide bonds. The first-order valence-electron chi connectivity index (χ1n) is 6.71. The van der Waals surface area contributed by atoms with Crippen molar-refractivity contribution >= 4 is 11.6 Å². The Morgan fingerprint density at radius 1 is 0.880 bits per heavy atom. The Kier molecular flexibility index (Phi) is 4.79. The number of benzene rings is 2. The Hall–Kier alpha value is -2.95. The molecule has 0 aromatic heterocycles. The van der Waals surface area contributed by atoms with Gasteiger partial charge in [-0.15, -0.1) is 0 Å². The number of nitrogens with zero attached hydrogens (tertiary/aromatic N) is 1. The minimum atomic E-state index is -4.99. The Labute approximate surface area is 138 Å². The number of rotatable bonds is 2. The van der Waals surface area contributed by atoms with Crippen LogP contribution >= 0.6 is 0 Å². The van der Waals surface area contributed by atoms with Crippen LogP contribution in [0.2, 0.25) is 0 Å². The van der Waals surface area contributed by atoms with Gasteiger partial charge in [0.05, 0.1) is 22.8 Å². The van der Waals surface area contributed by atoms with Crippen molar-refractivity contribution in [3.63, 3.8) is 0 Å². The van der Waals surface area contributed by atoms with Crippen molar-refractivity contribution in [2.45, 2.75) is 12.4 Å². The lowest BCUT2D eigenvalue weighted by Gasteiger charge is -2.14. The van der Waals surface area contributed by atoms with Gasteiger partial charge in [-0.05, 0) is 47.5 Å². The fraction of sp³-hybridized carbons (Fsp3) is 0.118. The first kappa shape index (κ1) is 18.4. The first-order chi connectivity index (χ1) is 11.5. The van der Waals surface area contributed by atoms with Crippen molar-refractivity contribution in [2.24, 2.45) is 0 Å². The molecule has 8 heteroatoms. The molecule has 2 nitrogen and oxygen atoms in total. The average molecular weight is 357 g/mol. The van der Waals surface area contributed by atoms with E-state index in [1.54, 1.807) is 6.07 Å². The summed E-state index contributed by atoms with van der Waals surface area (Å²) < 4.78 is 77.3. The molecule has 0 atom stereocenters. The largest absolute Gasteiger partial charge is 0.508 e. The Balaban J connectivity index is 2.62. The van der Waals surface area contributed by atoms with E-state index < -0.39 is 29.0 Å². The zero-order chi connectivity index (χ0) is 18.8. The third-order valence-electron chi connectivity index (χ3n) is 3.22. The number of allylic oxidation sites excluding steroid dienone is 1. The molecule has 0 saturated heterocycles. The molecular weight excluding hydrogens is 348 g/mol. The van der Waals surface area contributed by atoms with Crippen LogP contribution in [-0.2, 0) is 12.4 Å². The summed E-state index contributed by atoms with van der Waals surface area (Å²) in [6.45, 7) is 0. The van der Waals surface area contributed by atoms with E-state index in [0.29, 0.717) is 17.7 Å². The molecule has 0 aliphatic rings. The van der Waals surface area contributed by atoms with Crippen molar-refractivity contribution in [2.75, 3.05) is 0 Å². The van der Waals surface area contributed by atoms with Crippen LogP contribution in [0.1, 0.15) is 22.3 Å². The maximum absolute atomic E-state index is 12.9. The quantitative estimate of drug-likeness (QED) is 0.439. The van der Waals surface area contributed by atoms with Gasteiger partial charge in [-0.2, -0.15) is 31.6 Å². The van der Waals surface area contributed by atoms with Crippen LogP contribution in [0, 0.1) is 11.3 Å². The summed E-state index contributed by atoms with van der Waals surface area (Å²) in [7, 11) is 0. The fourth-order valence-corrected chi connectivity index (χ4v) is 2.03. The molecule has 0 aliphatic carbocycles. The number of halogens is 6. The SMILES string of the molecule is N#CC(=Cc1ccc(O)cc1)c1cc(C(F)(F)F)cc(C(F)(F)F)c1. The molecule has 0 saturated carbocycles. The van der Waals surface area contributed by atoms with Gasteiger partial charge >= 0.3 is 12.4 Å². The lowest BCUT2D eigenvalue weighted by atomic mass is 9.98. The molecule has 0 spiro atoms. The van der Waals surface area contributed by atoms with Crippen LogP contribution in [0.5, 0.6) is 5.75 Å². The first-order valence-corrected chi connectivity index (χ1v) is 6.71. The van der Waals surface area contributed by atoms with Gasteiger partial charge in [0.1, 0.15) is 5.75 Å². The van der Waals surface area contributed by atoms with Gasteiger partial charge in [0.2, 0.25) is 0 Å². The van der Waals surface area contributed by atoms with Crippen molar-refractivity contribution in [1.82, 2.24) is 0 Å². The molecule has 0 heterocycles. The molecule has 2 rings (SSSR count). The average Bonchev–Trinajstić information content (AvgIpc) is 2.52. The van der Waals surface area contributed by atoms with Gasteiger partial charge in [0, 0.05) is 0 Å². The van der Waals surface area contributed by atoms with Crippen molar-refractivity contribution in [3.8, 4) is 11.8 Å². The van der Waals surface area contributed by atoms with E-state index in [-0.39, 0.29) is 17.4 Å².